The van der Waals surface area contributed by atoms with Crippen molar-refractivity contribution in [3.05, 3.63) is 0 Å². The average molecular weight is 164 g/mol. The molecule has 0 aromatic carbocycles. The summed E-state index contributed by atoms with van der Waals surface area (Å²) >= 11 is 0. The SMILES string of the molecule is Cl.O[C@@H]1C[C@H]2CCC[C@@H]1N2. The Hall–Kier alpha value is 0.210. The summed E-state index contributed by atoms with van der Waals surface area (Å²) in [6.45, 7) is 0. The van der Waals surface area contributed by atoms with E-state index < -0.39 is 0 Å². The topological polar surface area (TPSA) is 32.3 Å². The summed E-state index contributed by atoms with van der Waals surface area (Å²) < 4.78 is 0. The number of fused-ring (bicyclic) bond motifs is 2. The molecule has 0 aromatic heterocycles. The third-order valence-corrected chi connectivity index (χ3v) is 2.51. The van der Waals surface area contributed by atoms with E-state index in [9.17, 15) is 5.11 Å². The molecule has 2 nitrogen and oxygen atoms in total. The number of hydrogen-bond acceptors (Lipinski definition) is 2. The number of aliphatic hydroxyl groups excluding tert-OH is 1. The fourth-order valence-electron chi connectivity index (χ4n) is 2.00. The lowest BCUT2D eigenvalue weighted by atomic mass is 10.1. The van der Waals surface area contributed by atoms with E-state index in [1.165, 1.54) is 19.3 Å². The molecule has 0 aliphatic carbocycles. The van der Waals surface area contributed by atoms with Gasteiger partial charge < -0.3 is 10.4 Å². The molecule has 2 aliphatic heterocycles. The summed E-state index contributed by atoms with van der Waals surface area (Å²) in [5.41, 5.74) is 0. The number of aliphatic hydroxyl groups is 1. The normalized spacial score (nSPS) is 44.7. The zero-order chi connectivity index (χ0) is 6.27. The average Bonchev–Trinajstić information content (AvgIpc) is 2.09. The van der Waals surface area contributed by atoms with Crippen molar-refractivity contribution in [3.8, 4) is 0 Å². The largest absolute Gasteiger partial charge is 0.391 e. The molecule has 60 valence electrons. The van der Waals surface area contributed by atoms with E-state index in [0.717, 1.165) is 6.42 Å². The predicted molar refractivity (Wildman–Crippen MR) is 42.4 cm³/mol. The second-order valence-electron chi connectivity index (χ2n) is 3.20. The zero-order valence-corrected chi connectivity index (χ0v) is 6.73. The lowest BCUT2D eigenvalue weighted by Gasteiger charge is -2.20. The molecule has 2 N–H and O–H groups in total. The zero-order valence-electron chi connectivity index (χ0n) is 5.92. The molecule has 3 atom stereocenters. The number of rotatable bonds is 0. The minimum atomic E-state index is -0.0440. The van der Waals surface area contributed by atoms with E-state index in [1.807, 2.05) is 0 Å². The Kier molecular flexibility index (Phi) is 2.55. The van der Waals surface area contributed by atoms with Crippen LogP contribution in [0.25, 0.3) is 0 Å². The molecule has 0 unspecified atom stereocenters. The van der Waals surface area contributed by atoms with Gasteiger partial charge in [0.2, 0.25) is 0 Å². The van der Waals surface area contributed by atoms with Crippen molar-refractivity contribution in [1.29, 1.82) is 0 Å². The Bertz CT molecular complexity index is 118. The van der Waals surface area contributed by atoms with Crippen LogP contribution in [0.15, 0.2) is 0 Å². The fourth-order valence-corrected chi connectivity index (χ4v) is 2.00. The Balaban J connectivity index is 0.000000500. The van der Waals surface area contributed by atoms with Crippen LogP contribution in [0.4, 0.5) is 0 Å². The summed E-state index contributed by atoms with van der Waals surface area (Å²) in [7, 11) is 0. The van der Waals surface area contributed by atoms with Gasteiger partial charge in [-0.05, 0) is 19.3 Å². The molecule has 0 radical (unpaired) electrons. The van der Waals surface area contributed by atoms with Crippen LogP contribution in [0.3, 0.4) is 0 Å². The second kappa shape index (κ2) is 3.07. The third-order valence-electron chi connectivity index (χ3n) is 2.51. The van der Waals surface area contributed by atoms with Crippen molar-refractivity contribution in [1.82, 2.24) is 5.32 Å². The van der Waals surface area contributed by atoms with E-state index >= 15 is 0 Å². The molecule has 0 amide bonds. The van der Waals surface area contributed by atoms with Crippen LogP contribution in [0.1, 0.15) is 25.7 Å². The number of piperidine rings is 1. The molecule has 2 aliphatic rings. The number of nitrogens with one attached hydrogen (secondary N) is 1. The van der Waals surface area contributed by atoms with Gasteiger partial charge in [0.15, 0.2) is 0 Å². The Morgan fingerprint density at radius 1 is 1.30 bits per heavy atom. The summed E-state index contributed by atoms with van der Waals surface area (Å²) in [4.78, 5) is 0. The standard InChI is InChI=1S/C7H13NO.ClH/c9-7-4-5-2-1-3-6(7)8-5;/h5-9H,1-4H2;1H/t5-,6+,7-;/m1./s1. The van der Waals surface area contributed by atoms with Gasteiger partial charge in [0.1, 0.15) is 0 Å². The number of halogens is 1. The molecule has 2 saturated heterocycles. The van der Waals surface area contributed by atoms with Crippen LogP contribution in [-0.2, 0) is 0 Å². The van der Waals surface area contributed by atoms with Gasteiger partial charge in [-0.1, -0.05) is 6.42 Å². The first-order valence-corrected chi connectivity index (χ1v) is 3.80. The van der Waals surface area contributed by atoms with Crippen LogP contribution in [0, 0.1) is 0 Å². The van der Waals surface area contributed by atoms with E-state index in [4.69, 9.17) is 0 Å². The lowest BCUT2D eigenvalue weighted by molar-refractivity contribution is 0.156. The van der Waals surface area contributed by atoms with Crippen LogP contribution < -0.4 is 5.32 Å². The predicted octanol–water partition coefficient (Wildman–Crippen LogP) is 0.683. The van der Waals surface area contributed by atoms with Crippen LogP contribution in [0.5, 0.6) is 0 Å². The van der Waals surface area contributed by atoms with Gasteiger partial charge in [0, 0.05) is 12.1 Å². The summed E-state index contributed by atoms with van der Waals surface area (Å²) in [6, 6.07) is 1.07. The summed E-state index contributed by atoms with van der Waals surface area (Å²) in [5.74, 6) is 0. The van der Waals surface area contributed by atoms with Crippen LogP contribution in [0.2, 0.25) is 0 Å². The van der Waals surface area contributed by atoms with Crippen molar-refractivity contribution in [2.45, 2.75) is 43.9 Å². The van der Waals surface area contributed by atoms with Crippen LogP contribution in [-0.4, -0.2) is 23.3 Å². The molecule has 0 saturated carbocycles. The molecule has 2 bridgehead atoms. The quantitative estimate of drug-likeness (QED) is 0.551. The first-order chi connectivity index (χ1) is 4.36. The molecule has 0 aromatic rings. The maximum absolute atomic E-state index is 9.34. The Morgan fingerprint density at radius 2 is 2.10 bits per heavy atom. The van der Waals surface area contributed by atoms with E-state index in [-0.39, 0.29) is 18.5 Å². The van der Waals surface area contributed by atoms with Crippen molar-refractivity contribution >= 4 is 12.4 Å². The molecule has 2 rings (SSSR count). The maximum atomic E-state index is 9.34. The highest BCUT2D eigenvalue weighted by atomic mass is 35.5. The fraction of sp³-hybridized carbons (Fsp3) is 1.00. The number of hydrogen-bond donors (Lipinski definition) is 2. The first kappa shape index (κ1) is 8.31. The molecular weight excluding hydrogens is 150 g/mol. The molecule has 3 heteroatoms. The first-order valence-electron chi connectivity index (χ1n) is 3.80. The van der Waals surface area contributed by atoms with Crippen molar-refractivity contribution in [2.75, 3.05) is 0 Å². The highest BCUT2D eigenvalue weighted by Gasteiger charge is 2.34. The van der Waals surface area contributed by atoms with Crippen molar-refractivity contribution in [2.24, 2.45) is 0 Å². The summed E-state index contributed by atoms with van der Waals surface area (Å²) in [5, 5.41) is 12.7. The van der Waals surface area contributed by atoms with Gasteiger partial charge in [-0.2, -0.15) is 0 Å². The smallest absolute Gasteiger partial charge is 0.0708 e. The molecule has 2 heterocycles. The Morgan fingerprint density at radius 3 is 2.70 bits per heavy atom. The molecular formula is C7H14ClNO. The highest BCUT2D eigenvalue weighted by molar-refractivity contribution is 5.85. The Labute approximate surface area is 67.4 Å². The minimum Gasteiger partial charge on any atom is -0.391 e. The van der Waals surface area contributed by atoms with Gasteiger partial charge in [0.25, 0.3) is 0 Å². The molecule has 2 fully saturated rings. The van der Waals surface area contributed by atoms with Crippen molar-refractivity contribution in [3.63, 3.8) is 0 Å². The van der Waals surface area contributed by atoms with Gasteiger partial charge in [-0.25, -0.2) is 0 Å². The van der Waals surface area contributed by atoms with Gasteiger partial charge >= 0.3 is 0 Å². The van der Waals surface area contributed by atoms with Crippen molar-refractivity contribution < 1.29 is 5.11 Å². The lowest BCUT2D eigenvalue weighted by Crippen LogP contribution is -2.36. The second-order valence-corrected chi connectivity index (χ2v) is 3.20. The highest BCUT2D eigenvalue weighted by Crippen LogP contribution is 2.26. The van der Waals surface area contributed by atoms with E-state index in [0.29, 0.717) is 12.1 Å². The minimum absolute atomic E-state index is 0. The van der Waals surface area contributed by atoms with Gasteiger partial charge in [-0.15, -0.1) is 12.4 Å². The maximum Gasteiger partial charge on any atom is 0.0708 e. The van der Waals surface area contributed by atoms with Crippen LogP contribution >= 0.6 is 12.4 Å². The van der Waals surface area contributed by atoms with Gasteiger partial charge in [0.05, 0.1) is 6.10 Å². The molecule has 0 spiro atoms. The van der Waals surface area contributed by atoms with Gasteiger partial charge in [-0.3, -0.25) is 0 Å². The third kappa shape index (κ3) is 1.29. The molecule has 10 heavy (non-hydrogen) atoms. The monoisotopic (exact) mass is 163 g/mol. The summed E-state index contributed by atoms with van der Waals surface area (Å²) in [6.07, 6.45) is 4.70. The van der Waals surface area contributed by atoms with E-state index in [1.54, 1.807) is 0 Å². The van der Waals surface area contributed by atoms with E-state index in [2.05, 4.69) is 5.32 Å².